The number of ether oxygens (including phenoxy) is 1. The Hall–Kier alpha value is -1.71. The predicted molar refractivity (Wildman–Crippen MR) is 64.6 cm³/mol. The summed E-state index contributed by atoms with van der Waals surface area (Å²) in [6.07, 6.45) is 0. The lowest BCUT2D eigenvalue weighted by molar-refractivity contribution is 0.0755. The summed E-state index contributed by atoms with van der Waals surface area (Å²) in [6.45, 7) is 3.91. The topological polar surface area (TPSA) is 55.6 Å². The van der Waals surface area contributed by atoms with E-state index in [1.807, 2.05) is 13.8 Å². The molecule has 0 radical (unpaired) electrons. The van der Waals surface area contributed by atoms with Crippen LogP contribution in [0.4, 0.5) is 5.69 Å². The highest BCUT2D eigenvalue weighted by Crippen LogP contribution is 2.25. The zero-order valence-corrected chi connectivity index (χ0v) is 10.2. The van der Waals surface area contributed by atoms with Crippen LogP contribution in [-0.4, -0.2) is 31.0 Å². The minimum absolute atomic E-state index is 0.0913. The van der Waals surface area contributed by atoms with E-state index in [1.54, 1.807) is 30.1 Å². The summed E-state index contributed by atoms with van der Waals surface area (Å²) >= 11 is 0. The molecule has 0 saturated heterocycles. The van der Waals surface area contributed by atoms with Crippen molar-refractivity contribution in [1.82, 2.24) is 4.90 Å². The van der Waals surface area contributed by atoms with Crippen LogP contribution in [0.3, 0.4) is 0 Å². The second-order valence-electron chi connectivity index (χ2n) is 3.93. The van der Waals surface area contributed by atoms with Crippen LogP contribution < -0.4 is 10.5 Å². The Morgan fingerprint density at radius 2 is 2.06 bits per heavy atom. The van der Waals surface area contributed by atoms with Gasteiger partial charge in [0, 0.05) is 13.1 Å². The first-order chi connectivity index (χ1) is 7.49. The van der Waals surface area contributed by atoms with E-state index in [4.69, 9.17) is 10.5 Å². The van der Waals surface area contributed by atoms with Crippen molar-refractivity contribution < 1.29 is 9.53 Å². The van der Waals surface area contributed by atoms with Crippen LogP contribution in [-0.2, 0) is 0 Å². The lowest BCUT2D eigenvalue weighted by atomic mass is 10.1. The van der Waals surface area contributed by atoms with Crippen LogP contribution >= 0.6 is 0 Å². The van der Waals surface area contributed by atoms with Gasteiger partial charge in [0.2, 0.25) is 0 Å². The molecule has 1 rings (SSSR count). The molecule has 0 aliphatic heterocycles. The second-order valence-corrected chi connectivity index (χ2v) is 3.93. The molecule has 1 aromatic carbocycles. The van der Waals surface area contributed by atoms with Crippen molar-refractivity contribution in [1.29, 1.82) is 0 Å². The number of rotatable bonds is 3. The van der Waals surface area contributed by atoms with Gasteiger partial charge in [0.05, 0.1) is 18.4 Å². The van der Waals surface area contributed by atoms with E-state index in [9.17, 15) is 4.79 Å². The van der Waals surface area contributed by atoms with E-state index in [2.05, 4.69) is 0 Å². The van der Waals surface area contributed by atoms with Gasteiger partial charge in [-0.1, -0.05) is 6.07 Å². The highest BCUT2D eigenvalue weighted by molar-refractivity contribution is 6.00. The average molecular weight is 222 g/mol. The molecule has 0 spiro atoms. The monoisotopic (exact) mass is 222 g/mol. The number of amides is 1. The third kappa shape index (κ3) is 2.27. The van der Waals surface area contributed by atoms with Crippen LogP contribution in [0, 0.1) is 0 Å². The molecule has 0 aliphatic rings. The number of nitrogens with zero attached hydrogens (tertiary/aromatic N) is 1. The first-order valence-electron chi connectivity index (χ1n) is 5.18. The molecule has 0 heterocycles. The lowest BCUT2D eigenvalue weighted by Gasteiger charge is -2.22. The maximum atomic E-state index is 12.1. The first kappa shape index (κ1) is 12.4. The molecule has 16 heavy (non-hydrogen) atoms. The molecule has 0 saturated carbocycles. The molecule has 0 atom stereocenters. The van der Waals surface area contributed by atoms with Crippen LogP contribution in [0.1, 0.15) is 24.2 Å². The van der Waals surface area contributed by atoms with Crippen molar-refractivity contribution in [3.8, 4) is 5.75 Å². The number of methoxy groups -OCH3 is 1. The number of hydrogen-bond donors (Lipinski definition) is 1. The molecule has 0 unspecified atom stereocenters. The quantitative estimate of drug-likeness (QED) is 0.793. The minimum Gasteiger partial charge on any atom is -0.495 e. The molecule has 0 fully saturated rings. The Balaban J connectivity index is 3.09. The van der Waals surface area contributed by atoms with E-state index in [-0.39, 0.29) is 11.9 Å². The van der Waals surface area contributed by atoms with Gasteiger partial charge in [-0.3, -0.25) is 4.79 Å². The van der Waals surface area contributed by atoms with E-state index < -0.39 is 0 Å². The van der Waals surface area contributed by atoms with Crippen LogP contribution in [0.2, 0.25) is 0 Å². The maximum absolute atomic E-state index is 12.1. The van der Waals surface area contributed by atoms with Crippen LogP contribution in [0.5, 0.6) is 5.75 Å². The van der Waals surface area contributed by atoms with Crippen LogP contribution in [0.15, 0.2) is 18.2 Å². The van der Waals surface area contributed by atoms with E-state index in [1.165, 1.54) is 7.11 Å². The van der Waals surface area contributed by atoms with E-state index in [0.717, 1.165) is 0 Å². The summed E-state index contributed by atoms with van der Waals surface area (Å²) in [7, 11) is 3.29. The first-order valence-corrected chi connectivity index (χ1v) is 5.18. The van der Waals surface area contributed by atoms with Crippen molar-refractivity contribution in [2.24, 2.45) is 0 Å². The molecule has 1 aromatic rings. The van der Waals surface area contributed by atoms with Gasteiger partial charge in [0.1, 0.15) is 5.75 Å². The number of carbonyl (C=O) groups is 1. The lowest BCUT2D eigenvalue weighted by Crippen LogP contribution is -2.33. The molecule has 4 nitrogen and oxygen atoms in total. The number of nitrogen functional groups attached to an aromatic ring is 1. The van der Waals surface area contributed by atoms with Gasteiger partial charge >= 0.3 is 0 Å². The summed E-state index contributed by atoms with van der Waals surface area (Å²) in [4.78, 5) is 13.7. The molecule has 2 N–H and O–H groups in total. The number of benzene rings is 1. The van der Waals surface area contributed by atoms with E-state index in [0.29, 0.717) is 17.0 Å². The number of para-hydroxylation sites is 1. The zero-order valence-electron chi connectivity index (χ0n) is 10.2. The Kier molecular flexibility index (Phi) is 3.77. The Bertz CT molecular complexity index is 389. The SMILES string of the molecule is COc1cccc(C(=O)N(C)C(C)C)c1N. The fourth-order valence-corrected chi connectivity index (χ4v) is 1.33. The normalized spacial score (nSPS) is 10.3. The third-order valence-corrected chi connectivity index (χ3v) is 2.61. The summed E-state index contributed by atoms with van der Waals surface area (Å²) in [5.74, 6) is 0.439. The van der Waals surface area contributed by atoms with Crippen molar-refractivity contribution in [2.75, 3.05) is 19.9 Å². The molecular formula is C12H18N2O2. The van der Waals surface area contributed by atoms with Gasteiger partial charge < -0.3 is 15.4 Å². The van der Waals surface area contributed by atoms with Gasteiger partial charge in [-0.15, -0.1) is 0 Å². The molecule has 88 valence electrons. The van der Waals surface area contributed by atoms with Crippen molar-refractivity contribution in [3.05, 3.63) is 23.8 Å². The van der Waals surface area contributed by atoms with Crippen LogP contribution in [0.25, 0.3) is 0 Å². The number of carbonyl (C=O) groups excluding carboxylic acids is 1. The Morgan fingerprint density at radius 3 is 2.56 bits per heavy atom. The molecule has 1 amide bonds. The maximum Gasteiger partial charge on any atom is 0.256 e. The third-order valence-electron chi connectivity index (χ3n) is 2.61. The molecule has 0 aliphatic carbocycles. The van der Waals surface area contributed by atoms with E-state index >= 15 is 0 Å². The van der Waals surface area contributed by atoms with Gasteiger partial charge in [-0.2, -0.15) is 0 Å². The fourth-order valence-electron chi connectivity index (χ4n) is 1.33. The Morgan fingerprint density at radius 1 is 1.44 bits per heavy atom. The molecular weight excluding hydrogens is 204 g/mol. The fraction of sp³-hybridized carbons (Fsp3) is 0.417. The number of anilines is 1. The summed E-state index contributed by atoms with van der Waals surface area (Å²) in [6, 6.07) is 5.34. The highest BCUT2D eigenvalue weighted by Gasteiger charge is 2.18. The predicted octanol–water partition coefficient (Wildman–Crippen LogP) is 1.76. The largest absolute Gasteiger partial charge is 0.495 e. The van der Waals surface area contributed by atoms with Crippen molar-refractivity contribution >= 4 is 11.6 Å². The minimum atomic E-state index is -0.0913. The van der Waals surface area contributed by atoms with Gasteiger partial charge in [-0.25, -0.2) is 0 Å². The zero-order chi connectivity index (χ0) is 12.3. The number of hydrogen-bond acceptors (Lipinski definition) is 3. The second kappa shape index (κ2) is 4.88. The average Bonchev–Trinajstić information content (AvgIpc) is 2.27. The number of nitrogens with two attached hydrogens (primary N) is 1. The standard InChI is InChI=1S/C12H18N2O2/c1-8(2)14(3)12(15)9-6-5-7-10(16-4)11(9)13/h5-8H,13H2,1-4H3. The van der Waals surface area contributed by atoms with Gasteiger partial charge in [0.15, 0.2) is 0 Å². The Labute approximate surface area is 96.0 Å². The summed E-state index contributed by atoms with van der Waals surface area (Å²) < 4.78 is 5.08. The highest BCUT2D eigenvalue weighted by atomic mass is 16.5. The van der Waals surface area contributed by atoms with Crippen molar-refractivity contribution in [2.45, 2.75) is 19.9 Å². The van der Waals surface area contributed by atoms with Gasteiger partial charge in [-0.05, 0) is 26.0 Å². The summed E-state index contributed by atoms with van der Waals surface area (Å²) in [5, 5.41) is 0. The smallest absolute Gasteiger partial charge is 0.256 e. The molecule has 0 bridgehead atoms. The summed E-state index contributed by atoms with van der Waals surface area (Å²) in [5.41, 5.74) is 6.73. The van der Waals surface area contributed by atoms with Crippen molar-refractivity contribution in [3.63, 3.8) is 0 Å². The van der Waals surface area contributed by atoms with Gasteiger partial charge in [0.25, 0.3) is 5.91 Å². The molecule has 4 heteroatoms. The molecule has 0 aromatic heterocycles.